The third-order valence-corrected chi connectivity index (χ3v) is 3.61. The molecule has 126 valence electrons. The van der Waals surface area contributed by atoms with Crippen molar-refractivity contribution in [2.24, 2.45) is 0 Å². The van der Waals surface area contributed by atoms with Gasteiger partial charge in [-0.15, -0.1) is 0 Å². The van der Waals surface area contributed by atoms with Crippen molar-refractivity contribution in [3.63, 3.8) is 0 Å². The van der Waals surface area contributed by atoms with Crippen molar-refractivity contribution >= 4 is 12.0 Å². The Morgan fingerprint density at radius 2 is 2.09 bits per heavy atom. The molecule has 1 saturated carbocycles. The number of halogens is 2. The Kier molecular flexibility index (Phi) is 6.38. The third-order valence-electron chi connectivity index (χ3n) is 3.61. The quantitative estimate of drug-likeness (QED) is 0.777. The molecular weight excluding hydrogens is 304 g/mol. The van der Waals surface area contributed by atoms with Gasteiger partial charge < -0.3 is 14.8 Å². The summed E-state index contributed by atoms with van der Waals surface area (Å²) in [5.74, 6) is 0.0586. The molecule has 1 aliphatic carbocycles. The van der Waals surface area contributed by atoms with Gasteiger partial charge in [0.25, 0.3) is 0 Å². The van der Waals surface area contributed by atoms with Gasteiger partial charge in [0.05, 0.1) is 6.61 Å². The highest BCUT2D eigenvalue weighted by Gasteiger charge is 2.15. The first-order valence-electron chi connectivity index (χ1n) is 7.78. The molecule has 0 saturated heterocycles. The summed E-state index contributed by atoms with van der Waals surface area (Å²) >= 11 is 0. The second kappa shape index (κ2) is 8.50. The van der Waals surface area contributed by atoms with E-state index in [1.54, 1.807) is 25.1 Å². The van der Waals surface area contributed by atoms with Crippen LogP contribution in [0.5, 0.6) is 11.5 Å². The maximum absolute atomic E-state index is 12.3. The number of ether oxygens (including phenoxy) is 2. The monoisotopic (exact) mass is 325 g/mol. The number of hydrogen-bond acceptors (Lipinski definition) is 3. The fourth-order valence-electron chi connectivity index (χ4n) is 2.58. The lowest BCUT2D eigenvalue weighted by Crippen LogP contribution is -2.30. The van der Waals surface area contributed by atoms with Gasteiger partial charge in [-0.05, 0) is 43.5 Å². The van der Waals surface area contributed by atoms with Crippen LogP contribution in [0.25, 0.3) is 6.08 Å². The molecule has 0 heterocycles. The minimum Gasteiger partial charge on any atom is -0.490 e. The molecule has 0 radical (unpaired) electrons. The lowest BCUT2D eigenvalue weighted by Gasteiger charge is -2.12. The van der Waals surface area contributed by atoms with Crippen LogP contribution in [0.15, 0.2) is 24.3 Å². The number of amides is 1. The van der Waals surface area contributed by atoms with E-state index in [2.05, 4.69) is 10.1 Å². The largest absolute Gasteiger partial charge is 0.490 e. The van der Waals surface area contributed by atoms with Crippen molar-refractivity contribution in [3.05, 3.63) is 29.8 Å². The normalized spacial score (nSPS) is 15.3. The molecule has 0 unspecified atom stereocenters. The Labute approximate surface area is 134 Å². The van der Waals surface area contributed by atoms with Crippen LogP contribution >= 0.6 is 0 Å². The summed E-state index contributed by atoms with van der Waals surface area (Å²) in [6.07, 6.45) is 7.41. The van der Waals surface area contributed by atoms with E-state index in [1.807, 2.05) is 0 Å². The predicted molar refractivity (Wildman–Crippen MR) is 83.7 cm³/mol. The standard InChI is InChI=1S/C17H21F2NO3/c1-2-22-15-11-12(7-9-14(15)23-17(18)19)8-10-16(21)20-13-5-3-4-6-13/h7-11,13,17H,2-6H2,1H3,(H,20,21)/b10-8+. The predicted octanol–water partition coefficient (Wildman–Crippen LogP) is 3.76. The van der Waals surface area contributed by atoms with Crippen LogP contribution in [-0.2, 0) is 4.79 Å². The summed E-state index contributed by atoms with van der Waals surface area (Å²) in [6.45, 7) is -0.827. The molecule has 0 spiro atoms. The Balaban J connectivity index is 2.02. The van der Waals surface area contributed by atoms with Gasteiger partial charge in [0.15, 0.2) is 11.5 Å². The molecule has 4 nitrogen and oxygen atoms in total. The Morgan fingerprint density at radius 3 is 2.74 bits per heavy atom. The van der Waals surface area contributed by atoms with Crippen LogP contribution in [-0.4, -0.2) is 25.2 Å². The Bertz CT molecular complexity index is 555. The van der Waals surface area contributed by atoms with E-state index in [9.17, 15) is 13.6 Å². The molecule has 1 aliphatic rings. The lowest BCUT2D eigenvalue weighted by molar-refractivity contribution is -0.117. The zero-order valence-electron chi connectivity index (χ0n) is 13.1. The second-order valence-electron chi connectivity index (χ2n) is 5.34. The van der Waals surface area contributed by atoms with Gasteiger partial charge in [-0.3, -0.25) is 4.79 Å². The van der Waals surface area contributed by atoms with Crippen LogP contribution in [0.4, 0.5) is 8.78 Å². The van der Waals surface area contributed by atoms with Crippen molar-refractivity contribution in [2.75, 3.05) is 6.61 Å². The minimum atomic E-state index is -2.91. The number of carbonyl (C=O) groups excluding carboxylic acids is 1. The van der Waals surface area contributed by atoms with Crippen LogP contribution in [0.3, 0.4) is 0 Å². The highest BCUT2D eigenvalue weighted by atomic mass is 19.3. The van der Waals surface area contributed by atoms with E-state index in [4.69, 9.17) is 4.74 Å². The summed E-state index contributed by atoms with van der Waals surface area (Å²) in [6, 6.07) is 4.83. The van der Waals surface area contributed by atoms with Crippen molar-refractivity contribution in [1.29, 1.82) is 0 Å². The molecule has 1 aromatic rings. The van der Waals surface area contributed by atoms with Gasteiger partial charge in [-0.25, -0.2) is 0 Å². The zero-order valence-corrected chi connectivity index (χ0v) is 13.1. The number of rotatable bonds is 7. The van der Waals surface area contributed by atoms with Gasteiger partial charge in [0.1, 0.15) is 0 Å². The number of benzene rings is 1. The molecule has 6 heteroatoms. The average molecular weight is 325 g/mol. The Hall–Kier alpha value is -2.11. The van der Waals surface area contributed by atoms with Crippen molar-refractivity contribution in [3.8, 4) is 11.5 Å². The van der Waals surface area contributed by atoms with E-state index < -0.39 is 6.61 Å². The summed E-state index contributed by atoms with van der Waals surface area (Å²) in [4.78, 5) is 11.8. The maximum Gasteiger partial charge on any atom is 0.387 e. The van der Waals surface area contributed by atoms with E-state index in [1.165, 1.54) is 12.1 Å². The Morgan fingerprint density at radius 1 is 1.35 bits per heavy atom. The van der Waals surface area contributed by atoms with Crippen molar-refractivity contribution < 1.29 is 23.0 Å². The molecule has 0 aromatic heterocycles. The van der Waals surface area contributed by atoms with E-state index in [0.29, 0.717) is 12.2 Å². The van der Waals surface area contributed by atoms with Gasteiger partial charge in [-0.2, -0.15) is 8.78 Å². The van der Waals surface area contributed by atoms with Crippen molar-refractivity contribution in [2.45, 2.75) is 45.3 Å². The van der Waals surface area contributed by atoms with Gasteiger partial charge in [-0.1, -0.05) is 18.9 Å². The average Bonchev–Trinajstić information content (AvgIpc) is 3.00. The molecule has 0 atom stereocenters. The molecule has 1 fully saturated rings. The van der Waals surface area contributed by atoms with Crippen LogP contribution in [0.2, 0.25) is 0 Å². The topological polar surface area (TPSA) is 47.6 Å². The third kappa shape index (κ3) is 5.54. The van der Waals surface area contributed by atoms with Crippen LogP contribution in [0, 0.1) is 0 Å². The molecule has 0 aliphatic heterocycles. The fourth-order valence-corrected chi connectivity index (χ4v) is 2.58. The molecular formula is C17H21F2NO3. The summed E-state index contributed by atoms with van der Waals surface area (Å²) in [5, 5.41) is 2.95. The van der Waals surface area contributed by atoms with Crippen LogP contribution < -0.4 is 14.8 Å². The summed E-state index contributed by atoms with van der Waals surface area (Å²) in [7, 11) is 0. The van der Waals surface area contributed by atoms with Crippen molar-refractivity contribution in [1.82, 2.24) is 5.32 Å². The molecule has 23 heavy (non-hydrogen) atoms. The molecule has 0 bridgehead atoms. The molecule has 1 aromatic carbocycles. The zero-order chi connectivity index (χ0) is 16.7. The SMILES string of the molecule is CCOc1cc(/C=C/C(=O)NC2CCCC2)ccc1OC(F)F. The first-order valence-corrected chi connectivity index (χ1v) is 7.78. The number of alkyl halides is 2. The maximum atomic E-state index is 12.3. The van der Waals surface area contributed by atoms with E-state index in [0.717, 1.165) is 25.7 Å². The fraction of sp³-hybridized carbons (Fsp3) is 0.471. The highest BCUT2D eigenvalue weighted by molar-refractivity contribution is 5.92. The minimum absolute atomic E-state index is 0.0191. The van der Waals surface area contributed by atoms with E-state index in [-0.39, 0.29) is 23.4 Å². The smallest absolute Gasteiger partial charge is 0.387 e. The first kappa shape index (κ1) is 17.2. The molecule has 2 rings (SSSR count). The summed E-state index contributed by atoms with van der Waals surface area (Å²) < 4.78 is 34.4. The highest BCUT2D eigenvalue weighted by Crippen LogP contribution is 2.30. The number of hydrogen-bond donors (Lipinski definition) is 1. The summed E-state index contributed by atoms with van der Waals surface area (Å²) in [5.41, 5.74) is 0.677. The van der Waals surface area contributed by atoms with E-state index >= 15 is 0 Å². The molecule has 1 amide bonds. The van der Waals surface area contributed by atoms with Gasteiger partial charge in [0, 0.05) is 12.1 Å². The second-order valence-corrected chi connectivity index (χ2v) is 5.34. The molecule has 1 N–H and O–H groups in total. The van der Waals surface area contributed by atoms with Crippen LogP contribution in [0.1, 0.15) is 38.2 Å². The number of carbonyl (C=O) groups is 1. The lowest BCUT2D eigenvalue weighted by atomic mass is 10.2. The number of nitrogens with one attached hydrogen (secondary N) is 1. The first-order chi connectivity index (χ1) is 11.1. The van der Waals surface area contributed by atoms with Gasteiger partial charge in [0.2, 0.25) is 5.91 Å². The van der Waals surface area contributed by atoms with Gasteiger partial charge >= 0.3 is 6.61 Å².